The van der Waals surface area contributed by atoms with Gasteiger partial charge in [-0.05, 0) is 6.42 Å². The first-order valence-electron chi connectivity index (χ1n) is 6.46. The molecule has 0 aliphatic heterocycles. The van der Waals surface area contributed by atoms with Gasteiger partial charge in [-0.2, -0.15) is 9.98 Å². The molecule has 0 heterocycles. The fourth-order valence-corrected chi connectivity index (χ4v) is 0.849. The van der Waals surface area contributed by atoms with E-state index in [-0.39, 0.29) is 20.7 Å². The van der Waals surface area contributed by atoms with Gasteiger partial charge in [0, 0.05) is 6.61 Å². The minimum absolute atomic E-state index is 0. The van der Waals surface area contributed by atoms with E-state index in [0.29, 0.717) is 13.0 Å². The van der Waals surface area contributed by atoms with Crippen molar-refractivity contribution in [1.29, 1.82) is 0 Å². The van der Waals surface area contributed by atoms with Gasteiger partial charge in [0.2, 0.25) is 24.1 Å². The van der Waals surface area contributed by atoms with Crippen LogP contribution in [0.3, 0.4) is 0 Å². The number of carbonyl (C=O) groups excluding carboxylic acids is 6. The normalized spacial score (nSPS) is 7.73. The van der Waals surface area contributed by atoms with E-state index in [0.717, 1.165) is 6.08 Å². The summed E-state index contributed by atoms with van der Waals surface area (Å²) in [6.07, 6.45) is 3.21. The molecule has 0 fully saturated rings. The zero-order valence-corrected chi connectivity index (χ0v) is 12.9. The number of imide groups is 1. The van der Waals surface area contributed by atoms with Crippen LogP contribution in [0.25, 0.3) is 0 Å². The van der Waals surface area contributed by atoms with E-state index in [4.69, 9.17) is 5.11 Å². The van der Waals surface area contributed by atoms with Crippen LogP contribution in [0.5, 0.6) is 0 Å². The molecule has 0 aromatic heterocycles. The topological polar surface area (TPSA) is 193 Å². The fourth-order valence-electron chi connectivity index (χ4n) is 0.849. The van der Waals surface area contributed by atoms with Crippen molar-refractivity contribution < 1.29 is 38.6 Å². The van der Waals surface area contributed by atoms with E-state index in [1.807, 2.05) is 5.32 Å². The highest BCUT2D eigenvalue weighted by atomic mass is 16.6. The van der Waals surface area contributed by atoms with Crippen molar-refractivity contribution in [2.24, 2.45) is 15.0 Å². The van der Waals surface area contributed by atoms with Crippen molar-refractivity contribution in [2.75, 3.05) is 33.0 Å². The summed E-state index contributed by atoms with van der Waals surface area (Å²) in [5, 5.41) is 11.9. The van der Waals surface area contributed by atoms with Crippen LogP contribution in [0.1, 0.15) is 13.8 Å². The maximum absolute atomic E-state index is 11.0. The van der Waals surface area contributed by atoms with Crippen LogP contribution < -0.4 is 10.6 Å². The third kappa shape index (κ3) is 22.8. The molecule has 0 aliphatic carbocycles. The molecule has 0 atom stereocenters. The summed E-state index contributed by atoms with van der Waals surface area (Å²) < 4.78 is 4.34. The Balaban J connectivity index is -0.000000561. The third-order valence-electron chi connectivity index (χ3n) is 1.76. The molecule has 0 radical (unpaired) electrons. The first-order valence-corrected chi connectivity index (χ1v) is 6.46. The Morgan fingerprint density at radius 3 is 2.12 bits per heavy atom. The van der Waals surface area contributed by atoms with Crippen LogP contribution in [0.2, 0.25) is 0 Å². The van der Waals surface area contributed by atoms with Crippen LogP contribution in [-0.2, 0) is 28.7 Å². The predicted octanol–water partition coefficient (Wildman–Crippen LogP) is -1.67. The van der Waals surface area contributed by atoms with E-state index in [9.17, 15) is 28.8 Å². The monoisotopic (exact) mass is 373 g/mol. The second kappa shape index (κ2) is 21.5. The van der Waals surface area contributed by atoms with Gasteiger partial charge in [0.15, 0.2) is 6.61 Å². The highest BCUT2D eigenvalue weighted by Crippen LogP contribution is 1.79. The van der Waals surface area contributed by atoms with Crippen molar-refractivity contribution in [3.05, 3.63) is 0 Å². The predicted molar refractivity (Wildman–Crippen MR) is 85.0 cm³/mol. The van der Waals surface area contributed by atoms with Crippen LogP contribution in [0.4, 0.5) is 4.79 Å². The first-order chi connectivity index (χ1) is 12.0. The standard InChI is InChI=1S/C8H8N4O6.C4H7NO2.CH4/c13-4-9-1-6(15)12-7(16)2-18-8(17)11-3-10-5-14;6-3-1-2-5-4-7;/h1-3H2,(H,11,17)(H,12,15,16);6H,1-3H2;1H4. The van der Waals surface area contributed by atoms with Crippen molar-refractivity contribution in [2.45, 2.75) is 13.8 Å². The van der Waals surface area contributed by atoms with Crippen LogP contribution in [0, 0.1) is 0 Å². The van der Waals surface area contributed by atoms with E-state index < -0.39 is 31.1 Å². The van der Waals surface area contributed by atoms with E-state index >= 15 is 0 Å². The Hall–Kier alpha value is -3.49. The van der Waals surface area contributed by atoms with Crippen molar-refractivity contribution in [3.8, 4) is 0 Å². The van der Waals surface area contributed by atoms with Gasteiger partial charge in [-0.15, -0.1) is 0 Å². The zero-order chi connectivity index (χ0) is 19.3. The Morgan fingerprint density at radius 2 is 1.58 bits per heavy atom. The lowest BCUT2D eigenvalue weighted by atomic mass is 10.5. The number of aliphatic hydroxyl groups is 1. The third-order valence-corrected chi connectivity index (χ3v) is 1.76. The molecular weight excluding hydrogens is 354 g/mol. The van der Waals surface area contributed by atoms with Crippen molar-refractivity contribution in [3.63, 3.8) is 0 Å². The summed E-state index contributed by atoms with van der Waals surface area (Å²) in [5.74, 6) is -1.73. The van der Waals surface area contributed by atoms with Gasteiger partial charge >= 0.3 is 6.09 Å². The molecule has 144 valence electrons. The number of hydrogen-bond acceptors (Lipinski definition) is 11. The Morgan fingerprint density at radius 1 is 0.962 bits per heavy atom. The lowest BCUT2D eigenvalue weighted by Gasteiger charge is -2.04. The molecular formula is C13H19N5O8. The molecule has 13 heteroatoms. The number of alkyl carbamates (subject to hydrolysis) is 1. The SMILES string of the molecule is C.O=C=NCCCO.O=C=NCNC(=O)OCC(=O)NC(=O)CN=C=O. The number of carbonyl (C=O) groups is 3. The van der Waals surface area contributed by atoms with E-state index in [1.54, 1.807) is 5.32 Å². The van der Waals surface area contributed by atoms with Crippen LogP contribution in [-0.4, -0.2) is 74.2 Å². The number of aliphatic imine (C=N–C) groups is 3. The smallest absolute Gasteiger partial charge is 0.409 e. The largest absolute Gasteiger partial charge is 0.439 e. The fraction of sp³-hybridized carbons (Fsp3) is 0.538. The Labute approximate surface area is 148 Å². The van der Waals surface area contributed by atoms with Crippen molar-refractivity contribution >= 4 is 36.1 Å². The van der Waals surface area contributed by atoms with Gasteiger partial charge < -0.3 is 15.2 Å². The quantitative estimate of drug-likeness (QED) is 0.242. The number of rotatable bonds is 9. The molecule has 0 aromatic rings. The molecule has 0 bridgehead atoms. The summed E-state index contributed by atoms with van der Waals surface area (Å²) in [6.45, 7) is -1.12. The van der Waals surface area contributed by atoms with Gasteiger partial charge in [-0.25, -0.2) is 24.2 Å². The van der Waals surface area contributed by atoms with Crippen LogP contribution in [0.15, 0.2) is 15.0 Å². The van der Waals surface area contributed by atoms with Gasteiger partial charge in [0.25, 0.3) is 5.91 Å². The highest BCUT2D eigenvalue weighted by molar-refractivity contribution is 5.97. The first kappa shape index (κ1) is 27.4. The van der Waals surface area contributed by atoms with Crippen molar-refractivity contribution in [1.82, 2.24) is 10.6 Å². The van der Waals surface area contributed by atoms with Gasteiger partial charge in [0.1, 0.15) is 13.2 Å². The van der Waals surface area contributed by atoms with E-state index in [1.165, 1.54) is 12.2 Å². The summed E-state index contributed by atoms with van der Waals surface area (Å²) in [6, 6.07) is 0. The zero-order valence-electron chi connectivity index (χ0n) is 12.9. The Bertz CT molecular complexity index is 575. The van der Waals surface area contributed by atoms with Gasteiger partial charge in [-0.1, -0.05) is 7.43 Å². The summed E-state index contributed by atoms with van der Waals surface area (Å²) in [4.78, 5) is 70.4. The molecule has 3 amide bonds. The molecule has 13 nitrogen and oxygen atoms in total. The molecule has 0 aliphatic rings. The Kier molecular flexibility index (Phi) is 22.6. The molecule has 0 aromatic carbocycles. The number of nitrogens with one attached hydrogen (secondary N) is 2. The number of isocyanates is 3. The number of ether oxygens (including phenoxy) is 1. The maximum Gasteiger partial charge on any atom is 0.409 e. The number of hydrogen-bond donors (Lipinski definition) is 3. The second-order valence-corrected chi connectivity index (χ2v) is 3.59. The summed E-state index contributed by atoms with van der Waals surface area (Å²) in [7, 11) is 0. The molecule has 26 heavy (non-hydrogen) atoms. The minimum Gasteiger partial charge on any atom is -0.439 e. The number of aliphatic hydroxyl groups excluding tert-OH is 1. The van der Waals surface area contributed by atoms with Gasteiger partial charge in [0.05, 0.1) is 6.54 Å². The molecule has 0 saturated carbocycles. The maximum atomic E-state index is 11.0. The summed E-state index contributed by atoms with van der Waals surface area (Å²) >= 11 is 0. The average Bonchev–Trinajstić information content (AvgIpc) is 2.59. The lowest BCUT2D eigenvalue weighted by molar-refractivity contribution is -0.131. The molecule has 3 N–H and O–H groups in total. The second-order valence-electron chi connectivity index (χ2n) is 3.59. The molecule has 0 unspecified atom stereocenters. The molecule has 0 rings (SSSR count). The van der Waals surface area contributed by atoms with E-state index in [2.05, 4.69) is 19.7 Å². The molecule has 0 saturated heterocycles. The average molecular weight is 373 g/mol. The van der Waals surface area contributed by atoms with Gasteiger partial charge in [-0.3, -0.25) is 14.9 Å². The van der Waals surface area contributed by atoms with Crippen LogP contribution >= 0.6 is 0 Å². The lowest BCUT2D eigenvalue weighted by Crippen LogP contribution is -2.37. The minimum atomic E-state index is -0.998. The number of amides is 3. The number of nitrogens with zero attached hydrogens (tertiary/aromatic N) is 3. The highest BCUT2D eigenvalue weighted by Gasteiger charge is 2.09. The summed E-state index contributed by atoms with van der Waals surface area (Å²) in [5.41, 5.74) is 0. The molecule has 0 spiro atoms.